The lowest BCUT2D eigenvalue weighted by molar-refractivity contribution is 0.0945. The van der Waals surface area contributed by atoms with E-state index in [1.165, 1.54) is 6.33 Å². The van der Waals surface area contributed by atoms with Crippen LogP contribution in [0, 0.1) is 0 Å². The van der Waals surface area contributed by atoms with Gasteiger partial charge in [0, 0.05) is 45.2 Å². The Balaban J connectivity index is 1.71. The molecule has 26 heavy (non-hydrogen) atoms. The van der Waals surface area contributed by atoms with Gasteiger partial charge in [-0.3, -0.25) is 4.79 Å². The van der Waals surface area contributed by atoms with Gasteiger partial charge in [0.2, 0.25) is 0 Å². The highest BCUT2D eigenvalue weighted by molar-refractivity contribution is 5.95. The second kappa shape index (κ2) is 7.74. The average molecular weight is 358 g/mol. The maximum atomic E-state index is 12.6. The highest BCUT2D eigenvalue weighted by atomic mass is 16.5. The Morgan fingerprint density at radius 1 is 1.46 bits per heavy atom. The van der Waals surface area contributed by atoms with Crippen LogP contribution in [-0.2, 0) is 18.2 Å². The van der Waals surface area contributed by atoms with E-state index in [9.17, 15) is 4.79 Å². The fourth-order valence-corrected chi connectivity index (χ4v) is 3.55. The first-order valence-electron chi connectivity index (χ1n) is 8.82. The second-order valence-corrected chi connectivity index (χ2v) is 6.55. The number of anilines is 2. The number of carbonyl (C=O) groups is 1. The number of methoxy groups -OCH3 is 1. The van der Waals surface area contributed by atoms with Gasteiger partial charge in [0.05, 0.1) is 17.7 Å². The molecule has 0 saturated carbocycles. The van der Waals surface area contributed by atoms with Crippen LogP contribution in [0.4, 0.5) is 11.6 Å². The fourth-order valence-electron chi connectivity index (χ4n) is 3.55. The number of nitrogens with one attached hydrogen (secondary N) is 1. The van der Waals surface area contributed by atoms with Crippen molar-refractivity contribution < 1.29 is 9.53 Å². The molecule has 2 atom stereocenters. The molecular weight excluding hydrogens is 332 g/mol. The first kappa shape index (κ1) is 18.2. The Morgan fingerprint density at radius 3 is 2.96 bits per heavy atom. The van der Waals surface area contributed by atoms with E-state index < -0.39 is 0 Å². The topological polar surface area (TPSA) is 98.3 Å². The van der Waals surface area contributed by atoms with Gasteiger partial charge in [0.25, 0.3) is 5.91 Å². The average Bonchev–Trinajstić information content (AvgIpc) is 3.22. The number of ether oxygens (including phenoxy) is 1. The third-order valence-corrected chi connectivity index (χ3v) is 4.96. The molecule has 0 spiro atoms. The summed E-state index contributed by atoms with van der Waals surface area (Å²) in [6.45, 7) is 3.27. The maximum absolute atomic E-state index is 12.6. The minimum absolute atomic E-state index is 0.0505. The number of nitrogens with two attached hydrogens (primary N) is 1. The van der Waals surface area contributed by atoms with E-state index in [1.807, 2.05) is 30.8 Å². The Bertz CT molecular complexity index is 775. The van der Waals surface area contributed by atoms with Crippen LogP contribution in [0.5, 0.6) is 0 Å². The minimum Gasteiger partial charge on any atom is -0.384 e. The maximum Gasteiger partial charge on any atom is 0.253 e. The number of nitrogen functional groups attached to an aromatic ring is 1. The van der Waals surface area contributed by atoms with E-state index in [-0.39, 0.29) is 18.1 Å². The van der Waals surface area contributed by atoms with Crippen LogP contribution in [0.2, 0.25) is 0 Å². The lowest BCUT2D eigenvalue weighted by Gasteiger charge is -2.25. The molecule has 1 amide bonds. The first-order chi connectivity index (χ1) is 12.5. The van der Waals surface area contributed by atoms with Crippen molar-refractivity contribution in [3.05, 3.63) is 35.9 Å². The van der Waals surface area contributed by atoms with Gasteiger partial charge in [0.15, 0.2) is 0 Å². The van der Waals surface area contributed by atoms with Crippen molar-refractivity contribution in [2.45, 2.75) is 31.9 Å². The molecule has 0 bridgehead atoms. The minimum atomic E-state index is -0.0505. The summed E-state index contributed by atoms with van der Waals surface area (Å²) in [7, 11) is 3.66. The number of aryl methyl sites for hydroxylation is 1. The van der Waals surface area contributed by atoms with Crippen molar-refractivity contribution in [3.8, 4) is 0 Å². The molecule has 8 heteroatoms. The number of hydrogen-bond donors (Lipinski definition) is 2. The van der Waals surface area contributed by atoms with Crippen LogP contribution in [0.3, 0.4) is 0 Å². The number of aromatic nitrogens is 3. The van der Waals surface area contributed by atoms with Crippen LogP contribution in [-0.4, -0.2) is 52.8 Å². The largest absolute Gasteiger partial charge is 0.384 e. The van der Waals surface area contributed by atoms with Crippen molar-refractivity contribution in [2.24, 2.45) is 7.05 Å². The van der Waals surface area contributed by atoms with Gasteiger partial charge < -0.3 is 25.3 Å². The summed E-state index contributed by atoms with van der Waals surface area (Å²) in [6.07, 6.45) is 5.10. The summed E-state index contributed by atoms with van der Waals surface area (Å²) in [4.78, 5) is 23.0. The normalized spacial score (nSPS) is 19.7. The van der Waals surface area contributed by atoms with Crippen LogP contribution < -0.4 is 16.0 Å². The predicted octanol–water partition coefficient (Wildman–Crippen LogP) is 0.983. The highest BCUT2D eigenvalue weighted by Crippen LogP contribution is 2.26. The number of hydrogen-bond acceptors (Lipinski definition) is 6. The number of nitrogens with zero attached hydrogens (tertiary/aromatic N) is 4. The van der Waals surface area contributed by atoms with Crippen LogP contribution >= 0.6 is 0 Å². The molecule has 3 heterocycles. The van der Waals surface area contributed by atoms with Gasteiger partial charge in [-0.1, -0.05) is 6.92 Å². The summed E-state index contributed by atoms with van der Waals surface area (Å²) < 4.78 is 7.51. The molecule has 3 rings (SSSR count). The Labute approximate surface area is 153 Å². The SMILES string of the molecule is CCc1c(C(=O)NC[C@H]2C[C@@H](OC)CN2c2cc(N)ncn2)ccn1C. The Kier molecular flexibility index (Phi) is 5.41. The molecular formula is C18H26N6O2. The van der Waals surface area contributed by atoms with Crippen LogP contribution in [0.15, 0.2) is 24.7 Å². The van der Waals surface area contributed by atoms with Gasteiger partial charge in [-0.05, 0) is 18.9 Å². The van der Waals surface area contributed by atoms with E-state index in [2.05, 4.69) is 20.2 Å². The van der Waals surface area contributed by atoms with Crippen LogP contribution in [0.1, 0.15) is 29.4 Å². The quantitative estimate of drug-likeness (QED) is 0.799. The number of carbonyl (C=O) groups excluding carboxylic acids is 1. The lowest BCUT2D eigenvalue weighted by atomic mass is 10.1. The molecule has 140 valence electrons. The molecule has 1 aliphatic rings. The monoisotopic (exact) mass is 358 g/mol. The molecule has 2 aromatic rings. The zero-order valence-electron chi connectivity index (χ0n) is 15.5. The third kappa shape index (κ3) is 3.65. The molecule has 0 radical (unpaired) electrons. The van der Waals surface area contributed by atoms with Gasteiger partial charge in [-0.25, -0.2) is 9.97 Å². The van der Waals surface area contributed by atoms with E-state index in [0.717, 1.165) is 29.9 Å². The molecule has 1 saturated heterocycles. The molecule has 0 aliphatic carbocycles. The lowest BCUT2D eigenvalue weighted by Crippen LogP contribution is -2.40. The van der Waals surface area contributed by atoms with Crippen molar-refractivity contribution in [3.63, 3.8) is 0 Å². The fraction of sp³-hybridized carbons (Fsp3) is 0.500. The summed E-state index contributed by atoms with van der Waals surface area (Å²) in [5.74, 6) is 1.13. The van der Waals surface area contributed by atoms with Crippen molar-refractivity contribution in [1.29, 1.82) is 0 Å². The van der Waals surface area contributed by atoms with E-state index >= 15 is 0 Å². The second-order valence-electron chi connectivity index (χ2n) is 6.55. The number of rotatable bonds is 6. The zero-order valence-corrected chi connectivity index (χ0v) is 15.5. The number of amides is 1. The smallest absolute Gasteiger partial charge is 0.253 e. The molecule has 8 nitrogen and oxygen atoms in total. The Morgan fingerprint density at radius 2 is 2.27 bits per heavy atom. The van der Waals surface area contributed by atoms with Crippen molar-refractivity contribution >= 4 is 17.5 Å². The Hall–Kier alpha value is -2.61. The highest BCUT2D eigenvalue weighted by Gasteiger charge is 2.33. The molecule has 3 N–H and O–H groups in total. The first-order valence-corrected chi connectivity index (χ1v) is 8.82. The summed E-state index contributed by atoms with van der Waals surface area (Å²) in [5, 5.41) is 3.06. The van der Waals surface area contributed by atoms with Crippen molar-refractivity contribution in [1.82, 2.24) is 19.9 Å². The standard InChI is InChI=1S/C18H26N6O2/c1-4-15-14(5-6-23(15)2)18(25)20-9-12-7-13(26-3)10-24(12)17-8-16(19)21-11-22-17/h5-6,8,11-13H,4,7,9-10H2,1-3H3,(H,20,25)(H2,19,21,22)/t12-,13-/m1/s1. The summed E-state index contributed by atoms with van der Waals surface area (Å²) in [5.41, 5.74) is 7.55. The van der Waals surface area contributed by atoms with E-state index in [0.29, 0.717) is 18.9 Å². The summed E-state index contributed by atoms with van der Waals surface area (Å²) in [6, 6.07) is 3.70. The van der Waals surface area contributed by atoms with Gasteiger partial charge in [-0.2, -0.15) is 0 Å². The van der Waals surface area contributed by atoms with Gasteiger partial charge >= 0.3 is 0 Å². The third-order valence-electron chi connectivity index (χ3n) is 4.96. The molecule has 2 aromatic heterocycles. The molecule has 0 aromatic carbocycles. The molecule has 0 unspecified atom stereocenters. The van der Waals surface area contributed by atoms with Gasteiger partial charge in [-0.15, -0.1) is 0 Å². The molecule has 1 fully saturated rings. The van der Waals surface area contributed by atoms with Gasteiger partial charge in [0.1, 0.15) is 18.0 Å². The van der Waals surface area contributed by atoms with Crippen LogP contribution in [0.25, 0.3) is 0 Å². The van der Waals surface area contributed by atoms with Crippen molar-refractivity contribution in [2.75, 3.05) is 30.8 Å². The zero-order chi connectivity index (χ0) is 18.7. The van der Waals surface area contributed by atoms with E-state index in [1.54, 1.807) is 13.2 Å². The molecule has 1 aliphatic heterocycles. The predicted molar refractivity (Wildman–Crippen MR) is 100 cm³/mol. The van der Waals surface area contributed by atoms with E-state index in [4.69, 9.17) is 10.5 Å². The summed E-state index contributed by atoms with van der Waals surface area (Å²) >= 11 is 0.